The number of rotatable bonds is 10. The maximum atomic E-state index is 12.5. The second-order valence-electron chi connectivity index (χ2n) is 5.98. The average Bonchev–Trinajstić information content (AvgIpc) is 2.56. The van der Waals surface area contributed by atoms with Gasteiger partial charge in [0.25, 0.3) is 0 Å². The molecule has 0 aliphatic rings. The lowest BCUT2D eigenvalue weighted by Gasteiger charge is -2.19. The third kappa shape index (κ3) is 7.36. The number of carbonyl (C=O) groups excluding carboxylic acids is 2. The lowest BCUT2D eigenvalue weighted by Crippen LogP contribution is -2.46. The van der Waals surface area contributed by atoms with Crippen LogP contribution in [0.3, 0.4) is 0 Å². The van der Waals surface area contributed by atoms with Crippen LogP contribution in [-0.2, 0) is 22.7 Å². The molecule has 1 unspecified atom stereocenters. The molecule has 2 amide bonds. The Kier molecular flexibility index (Phi) is 9.49. The fourth-order valence-corrected chi connectivity index (χ4v) is 2.80. The van der Waals surface area contributed by atoms with Gasteiger partial charge in [-0.25, -0.2) is 0 Å². The van der Waals surface area contributed by atoms with Gasteiger partial charge in [-0.3, -0.25) is 9.59 Å². The molecule has 6 heteroatoms. The molecule has 5 nitrogen and oxygen atoms in total. The molecule has 1 rings (SSSR count). The Labute approximate surface area is 149 Å². The molecule has 0 bridgehead atoms. The fourth-order valence-electron chi connectivity index (χ4n) is 2.33. The molecule has 0 heterocycles. The number of thioether (sulfide) groups is 1. The smallest absolute Gasteiger partial charge is 0.242 e. The SMILES string of the molecule is CCC(=O)NC(CCSC)C(=O)NCc1ccccc1CN(C)C. The van der Waals surface area contributed by atoms with Gasteiger partial charge in [-0.15, -0.1) is 0 Å². The molecule has 0 radical (unpaired) electrons. The summed E-state index contributed by atoms with van der Waals surface area (Å²) in [5, 5.41) is 5.78. The summed E-state index contributed by atoms with van der Waals surface area (Å²) in [5.74, 6) is 0.619. The standard InChI is InChI=1S/C18H29N3O2S/c1-5-17(22)20-16(10-11-24-4)18(23)19-12-14-8-6-7-9-15(14)13-21(2)3/h6-9,16H,5,10-13H2,1-4H3,(H,19,23)(H,20,22). The summed E-state index contributed by atoms with van der Waals surface area (Å²) in [6, 6.07) is 7.62. The first-order valence-electron chi connectivity index (χ1n) is 8.25. The zero-order valence-electron chi connectivity index (χ0n) is 15.1. The van der Waals surface area contributed by atoms with Gasteiger partial charge < -0.3 is 15.5 Å². The molecule has 0 spiro atoms. The predicted octanol–water partition coefficient (Wildman–Crippen LogP) is 2.01. The largest absolute Gasteiger partial charge is 0.350 e. The van der Waals surface area contributed by atoms with Crippen LogP contribution in [0.2, 0.25) is 0 Å². The maximum absolute atomic E-state index is 12.5. The Morgan fingerprint density at radius 3 is 2.46 bits per heavy atom. The lowest BCUT2D eigenvalue weighted by atomic mass is 10.1. The first kappa shape index (κ1) is 20.5. The van der Waals surface area contributed by atoms with Gasteiger partial charge in [0.05, 0.1) is 0 Å². The van der Waals surface area contributed by atoms with Crippen LogP contribution in [-0.4, -0.2) is 48.9 Å². The molecular formula is C18H29N3O2S. The maximum Gasteiger partial charge on any atom is 0.242 e. The van der Waals surface area contributed by atoms with E-state index in [0.717, 1.165) is 17.9 Å². The molecule has 0 saturated carbocycles. The summed E-state index contributed by atoms with van der Waals surface area (Å²) >= 11 is 1.67. The molecule has 0 aliphatic carbocycles. The lowest BCUT2D eigenvalue weighted by molar-refractivity contribution is -0.129. The van der Waals surface area contributed by atoms with Crippen molar-refractivity contribution in [2.24, 2.45) is 0 Å². The first-order valence-corrected chi connectivity index (χ1v) is 9.64. The van der Waals surface area contributed by atoms with Gasteiger partial charge in [0.15, 0.2) is 0 Å². The fraction of sp³-hybridized carbons (Fsp3) is 0.556. The highest BCUT2D eigenvalue weighted by molar-refractivity contribution is 7.98. The number of benzene rings is 1. The van der Waals surface area contributed by atoms with Crippen LogP contribution in [0.25, 0.3) is 0 Å². The molecule has 24 heavy (non-hydrogen) atoms. The van der Waals surface area contributed by atoms with Gasteiger partial charge >= 0.3 is 0 Å². The van der Waals surface area contributed by atoms with Crippen molar-refractivity contribution in [1.82, 2.24) is 15.5 Å². The number of nitrogens with zero attached hydrogens (tertiary/aromatic N) is 1. The number of amides is 2. The van der Waals surface area contributed by atoms with Crippen molar-refractivity contribution >= 4 is 23.6 Å². The van der Waals surface area contributed by atoms with Crippen molar-refractivity contribution in [3.8, 4) is 0 Å². The number of hydrogen-bond acceptors (Lipinski definition) is 4. The van der Waals surface area contributed by atoms with Gasteiger partial charge in [-0.05, 0) is 43.7 Å². The van der Waals surface area contributed by atoms with E-state index in [-0.39, 0.29) is 11.8 Å². The van der Waals surface area contributed by atoms with E-state index in [0.29, 0.717) is 19.4 Å². The van der Waals surface area contributed by atoms with E-state index >= 15 is 0 Å². The zero-order valence-corrected chi connectivity index (χ0v) is 15.9. The van der Waals surface area contributed by atoms with Crippen LogP contribution in [0, 0.1) is 0 Å². The minimum Gasteiger partial charge on any atom is -0.350 e. The number of carbonyl (C=O) groups is 2. The molecule has 134 valence electrons. The monoisotopic (exact) mass is 351 g/mol. The second-order valence-corrected chi connectivity index (χ2v) is 6.97. The van der Waals surface area contributed by atoms with E-state index in [9.17, 15) is 9.59 Å². The van der Waals surface area contributed by atoms with Crippen LogP contribution in [0.4, 0.5) is 0 Å². The summed E-state index contributed by atoms with van der Waals surface area (Å²) in [5.41, 5.74) is 2.30. The molecular weight excluding hydrogens is 322 g/mol. The molecule has 0 saturated heterocycles. The molecule has 2 N–H and O–H groups in total. The van der Waals surface area contributed by atoms with Crippen molar-refractivity contribution in [3.05, 3.63) is 35.4 Å². The second kappa shape index (κ2) is 11.1. The van der Waals surface area contributed by atoms with E-state index < -0.39 is 6.04 Å². The first-order chi connectivity index (χ1) is 11.5. The van der Waals surface area contributed by atoms with Gasteiger partial charge in [-0.2, -0.15) is 11.8 Å². The van der Waals surface area contributed by atoms with Crippen LogP contribution in [0.5, 0.6) is 0 Å². The van der Waals surface area contributed by atoms with Crippen LogP contribution >= 0.6 is 11.8 Å². The number of nitrogens with one attached hydrogen (secondary N) is 2. The van der Waals surface area contributed by atoms with Crippen LogP contribution in [0.1, 0.15) is 30.9 Å². The van der Waals surface area contributed by atoms with E-state index in [2.05, 4.69) is 21.6 Å². The molecule has 0 aliphatic heterocycles. The van der Waals surface area contributed by atoms with Crippen molar-refractivity contribution in [2.75, 3.05) is 26.1 Å². The Morgan fingerprint density at radius 2 is 1.88 bits per heavy atom. The van der Waals surface area contributed by atoms with Crippen LogP contribution in [0.15, 0.2) is 24.3 Å². The highest BCUT2D eigenvalue weighted by atomic mass is 32.2. The Morgan fingerprint density at radius 1 is 1.21 bits per heavy atom. The van der Waals surface area contributed by atoms with E-state index in [4.69, 9.17) is 0 Å². The summed E-state index contributed by atoms with van der Waals surface area (Å²) in [7, 11) is 4.04. The average molecular weight is 352 g/mol. The van der Waals surface area contributed by atoms with Crippen molar-refractivity contribution < 1.29 is 9.59 Å². The topological polar surface area (TPSA) is 61.4 Å². The minimum absolute atomic E-state index is 0.0933. The Balaban J connectivity index is 2.69. The van der Waals surface area contributed by atoms with Crippen molar-refractivity contribution in [2.45, 2.75) is 38.9 Å². The molecule has 0 aromatic heterocycles. The Hall–Kier alpha value is -1.53. The third-order valence-corrected chi connectivity index (χ3v) is 4.29. The summed E-state index contributed by atoms with van der Waals surface area (Å²) in [6.45, 7) is 3.09. The summed E-state index contributed by atoms with van der Waals surface area (Å²) in [4.78, 5) is 26.2. The van der Waals surface area contributed by atoms with Crippen molar-refractivity contribution in [1.29, 1.82) is 0 Å². The molecule has 1 atom stereocenters. The van der Waals surface area contributed by atoms with Gasteiger partial charge in [0.1, 0.15) is 6.04 Å². The highest BCUT2D eigenvalue weighted by Crippen LogP contribution is 2.11. The van der Waals surface area contributed by atoms with E-state index in [1.54, 1.807) is 18.7 Å². The van der Waals surface area contributed by atoms with Gasteiger partial charge in [0.2, 0.25) is 11.8 Å². The highest BCUT2D eigenvalue weighted by Gasteiger charge is 2.19. The van der Waals surface area contributed by atoms with Crippen LogP contribution < -0.4 is 10.6 Å². The third-order valence-electron chi connectivity index (χ3n) is 3.64. The van der Waals surface area contributed by atoms with Gasteiger partial charge in [-0.1, -0.05) is 31.2 Å². The Bertz CT molecular complexity index is 535. The quantitative estimate of drug-likeness (QED) is 0.677. The minimum atomic E-state index is -0.467. The van der Waals surface area contributed by atoms with E-state index in [1.807, 2.05) is 38.6 Å². The number of hydrogen-bond donors (Lipinski definition) is 2. The normalized spacial score (nSPS) is 12.0. The molecule has 1 aromatic rings. The van der Waals surface area contributed by atoms with Crippen molar-refractivity contribution in [3.63, 3.8) is 0 Å². The molecule has 1 aromatic carbocycles. The molecule has 0 fully saturated rings. The summed E-state index contributed by atoms with van der Waals surface area (Å²) in [6.07, 6.45) is 3.01. The zero-order chi connectivity index (χ0) is 17.9. The van der Waals surface area contributed by atoms with E-state index in [1.165, 1.54) is 5.56 Å². The van der Waals surface area contributed by atoms with Gasteiger partial charge in [0, 0.05) is 19.5 Å². The predicted molar refractivity (Wildman–Crippen MR) is 101 cm³/mol. The summed E-state index contributed by atoms with van der Waals surface area (Å²) < 4.78 is 0.